The Kier molecular flexibility index (Phi) is 1.89. The number of anilines is 1. The van der Waals surface area contributed by atoms with Gasteiger partial charge >= 0.3 is 0 Å². The highest BCUT2D eigenvalue weighted by Crippen LogP contribution is 2.34. The van der Waals surface area contributed by atoms with Gasteiger partial charge in [-0.3, -0.25) is 0 Å². The Morgan fingerprint density at radius 3 is 2.64 bits per heavy atom. The fourth-order valence-corrected chi connectivity index (χ4v) is 1.40. The predicted octanol–water partition coefficient (Wildman–Crippen LogP) is 1.94. The average molecular weight is 190 g/mol. The first-order chi connectivity index (χ1) is 6.70. The van der Waals surface area contributed by atoms with Gasteiger partial charge in [-0.15, -0.1) is 0 Å². The van der Waals surface area contributed by atoms with Gasteiger partial charge in [0, 0.05) is 5.56 Å². The molecule has 1 heterocycles. The van der Waals surface area contributed by atoms with Gasteiger partial charge in [-0.2, -0.15) is 0 Å². The zero-order valence-corrected chi connectivity index (χ0v) is 7.69. The highest BCUT2D eigenvalue weighted by Gasteiger charge is 2.14. The first kappa shape index (κ1) is 8.62. The minimum absolute atomic E-state index is 0.172. The van der Waals surface area contributed by atoms with Crippen LogP contribution in [0, 0.1) is 6.92 Å². The number of hydrogen-bond acceptors (Lipinski definition) is 4. The van der Waals surface area contributed by atoms with Gasteiger partial charge in [0.2, 0.25) is 5.88 Å². The maximum absolute atomic E-state index is 9.61. The van der Waals surface area contributed by atoms with Crippen LogP contribution in [0.3, 0.4) is 0 Å². The molecular weight excluding hydrogens is 180 g/mol. The lowest BCUT2D eigenvalue weighted by molar-refractivity contribution is 0.431. The number of nitrogens with two attached hydrogens (primary N) is 1. The summed E-state index contributed by atoms with van der Waals surface area (Å²) < 4.78 is 4.82. The van der Waals surface area contributed by atoms with E-state index in [1.54, 1.807) is 25.1 Å². The van der Waals surface area contributed by atoms with Gasteiger partial charge < -0.3 is 15.4 Å². The summed E-state index contributed by atoms with van der Waals surface area (Å²) in [6, 6.07) is 6.94. The number of aromatic nitrogens is 1. The second-order valence-corrected chi connectivity index (χ2v) is 3.02. The normalized spacial score (nSPS) is 10.4. The van der Waals surface area contributed by atoms with E-state index in [2.05, 4.69) is 5.16 Å². The number of rotatable bonds is 1. The van der Waals surface area contributed by atoms with Crippen LogP contribution in [0.25, 0.3) is 11.1 Å². The van der Waals surface area contributed by atoms with E-state index in [0.717, 1.165) is 0 Å². The van der Waals surface area contributed by atoms with E-state index in [4.69, 9.17) is 10.3 Å². The summed E-state index contributed by atoms with van der Waals surface area (Å²) in [4.78, 5) is 0. The SMILES string of the molecule is Cc1noc(N)c1-c1ccccc1O. The standard InChI is InChI=1S/C10H10N2O2/c1-6-9(10(11)14-12-6)7-4-2-3-5-8(7)13/h2-5,13H,11H2,1H3. The largest absolute Gasteiger partial charge is 0.507 e. The zero-order chi connectivity index (χ0) is 10.1. The molecule has 0 spiro atoms. The van der Waals surface area contributed by atoms with Crippen molar-refractivity contribution >= 4 is 5.88 Å². The molecule has 1 aromatic heterocycles. The molecule has 3 N–H and O–H groups in total. The van der Waals surface area contributed by atoms with Gasteiger partial charge in [0.05, 0.1) is 11.3 Å². The summed E-state index contributed by atoms with van der Waals surface area (Å²) in [6.45, 7) is 1.78. The van der Waals surface area contributed by atoms with Gasteiger partial charge in [0.25, 0.3) is 0 Å². The quantitative estimate of drug-likeness (QED) is 0.720. The molecule has 0 aliphatic rings. The Bertz CT molecular complexity index is 443. The van der Waals surface area contributed by atoms with Crippen molar-refractivity contribution in [1.29, 1.82) is 0 Å². The van der Waals surface area contributed by atoms with Crippen LogP contribution in [0.4, 0.5) is 5.88 Å². The van der Waals surface area contributed by atoms with Gasteiger partial charge in [0.1, 0.15) is 5.75 Å². The smallest absolute Gasteiger partial charge is 0.230 e. The first-order valence-corrected chi connectivity index (χ1v) is 4.20. The van der Waals surface area contributed by atoms with Crippen LogP contribution in [0.5, 0.6) is 5.75 Å². The summed E-state index contributed by atoms with van der Waals surface area (Å²) in [7, 11) is 0. The first-order valence-electron chi connectivity index (χ1n) is 4.20. The summed E-state index contributed by atoms with van der Waals surface area (Å²) in [6.07, 6.45) is 0. The topological polar surface area (TPSA) is 72.3 Å². The highest BCUT2D eigenvalue weighted by molar-refractivity contribution is 5.79. The Hall–Kier alpha value is -1.97. The molecule has 4 nitrogen and oxygen atoms in total. The van der Waals surface area contributed by atoms with Gasteiger partial charge in [0.15, 0.2) is 0 Å². The van der Waals surface area contributed by atoms with E-state index in [0.29, 0.717) is 16.8 Å². The summed E-state index contributed by atoms with van der Waals surface area (Å²) >= 11 is 0. The maximum Gasteiger partial charge on any atom is 0.230 e. The summed E-state index contributed by atoms with van der Waals surface area (Å²) in [5.74, 6) is 0.398. The van der Waals surface area contributed by atoms with Gasteiger partial charge in [-0.1, -0.05) is 23.4 Å². The molecule has 0 atom stereocenters. The number of aromatic hydroxyl groups is 1. The van der Waals surface area contributed by atoms with E-state index >= 15 is 0 Å². The molecule has 0 radical (unpaired) electrons. The second kappa shape index (κ2) is 3.06. The lowest BCUT2D eigenvalue weighted by atomic mass is 10.1. The average Bonchev–Trinajstić information content (AvgIpc) is 2.48. The van der Waals surface area contributed by atoms with Gasteiger partial charge in [-0.05, 0) is 13.0 Å². The predicted molar refractivity (Wildman–Crippen MR) is 52.8 cm³/mol. The molecule has 0 unspecified atom stereocenters. The molecule has 72 valence electrons. The molecular formula is C10H10N2O2. The van der Waals surface area contributed by atoms with Crippen LogP contribution < -0.4 is 5.73 Å². The van der Waals surface area contributed by atoms with Gasteiger partial charge in [-0.25, -0.2) is 0 Å². The molecule has 0 amide bonds. The van der Waals surface area contributed by atoms with Crippen LogP contribution in [0.2, 0.25) is 0 Å². The highest BCUT2D eigenvalue weighted by atomic mass is 16.5. The molecule has 0 saturated carbocycles. The van der Waals surface area contributed by atoms with Crippen LogP contribution in [-0.2, 0) is 0 Å². The van der Waals surface area contributed by atoms with Crippen LogP contribution in [-0.4, -0.2) is 10.3 Å². The number of aryl methyl sites for hydroxylation is 1. The molecule has 2 aromatic rings. The number of phenolic OH excluding ortho intramolecular Hbond substituents is 1. The minimum atomic E-state index is 0.172. The third-order valence-corrected chi connectivity index (χ3v) is 2.06. The number of phenols is 1. The fourth-order valence-electron chi connectivity index (χ4n) is 1.40. The third kappa shape index (κ3) is 1.21. The summed E-state index contributed by atoms with van der Waals surface area (Å²) in [5, 5.41) is 13.3. The monoisotopic (exact) mass is 190 g/mol. The molecule has 14 heavy (non-hydrogen) atoms. The lowest BCUT2D eigenvalue weighted by Gasteiger charge is -2.01. The molecule has 0 saturated heterocycles. The van der Waals surface area contributed by atoms with Crippen LogP contribution in [0.15, 0.2) is 28.8 Å². The lowest BCUT2D eigenvalue weighted by Crippen LogP contribution is -1.86. The molecule has 0 bridgehead atoms. The number of nitrogen functional groups attached to an aromatic ring is 1. The maximum atomic E-state index is 9.61. The number of nitrogens with zero attached hydrogens (tertiary/aromatic N) is 1. The molecule has 4 heteroatoms. The molecule has 0 fully saturated rings. The molecule has 0 aliphatic heterocycles. The van der Waals surface area contributed by atoms with Crippen molar-refractivity contribution in [3.63, 3.8) is 0 Å². The van der Waals surface area contributed by atoms with E-state index in [1.165, 1.54) is 0 Å². The minimum Gasteiger partial charge on any atom is -0.507 e. The Morgan fingerprint density at radius 1 is 1.36 bits per heavy atom. The number of hydrogen-bond donors (Lipinski definition) is 2. The zero-order valence-electron chi connectivity index (χ0n) is 7.69. The number of para-hydroxylation sites is 1. The van der Waals surface area contributed by atoms with Crippen LogP contribution in [0.1, 0.15) is 5.69 Å². The Morgan fingerprint density at radius 2 is 2.07 bits per heavy atom. The van der Waals surface area contributed by atoms with E-state index in [-0.39, 0.29) is 11.6 Å². The number of benzene rings is 1. The Labute approximate surface area is 81.0 Å². The van der Waals surface area contributed by atoms with Crippen molar-refractivity contribution in [2.24, 2.45) is 0 Å². The van der Waals surface area contributed by atoms with Crippen molar-refractivity contribution < 1.29 is 9.63 Å². The van der Waals surface area contributed by atoms with Crippen molar-refractivity contribution in [3.8, 4) is 16.9 Å². The molecule has 1 aromatic carbocycles. The van der Waals surface area contributed by atoms with Crippen molar-refractivity contribution in [2.45, 2.75) is 6.92 Å². The van der Waals surface area contributed by atoms with Crippen molar-refractivity contribution in [1.82, 2.24) is 5.16 Å². The molecule has 2 rings (SSSR count). The fraction of sp³-hybridized carbons (Fsp3) is 0.100. The van der Waals surface area contributed by atoms with E-state index in [9.17, 15) is 5.11 Å². The van der Waals surface area contributed by atoms with Crippen molar-refractivity contribution in [3.05, 3.63) is 30.0 Å². The molecule has 0 aliphatic carbocycles. The second-order valence-electron chi connectivity index (χ2n) is 3.02. The Balaban J connectivity index is 2.66. The third-order valence-electron chi connectivity index (χ3n) is 2.06. The van der Waals surface area contributed by atoms with Crippen molar-refractivity contribution in [2.75, 3.05) is 5.73 Å². The summed E-state index contributed by atoms with van der Waals surface area (Å²) in [5.41, 5.74) is 7.57. The van der Waals surface area contributed by atoms with E-state index < -0.39 is 0 Å². The van der Waals surface area contributed by atoms with Crippen LogP contribution >= 0.6 is 0 Å². The van der Waals surface area contributed by atoms with E-state index in [1.807, 2.05) is 6.07 Å².